The minimum absolute atomic E-state index is 0.0731. The molecule has 3 amide bonds. The zero-order chi connectivity index (χ0) is 20.3. The summed E-state index contributed by atoms with van der Waals surface area (Å²) in [7, 11) is 0. The summed E-state index contributed by atoms with van der Waals surface area (Å²) < 4.78 is 15.0. The number of amides is 3. The van der Waals surface area contributed by atoms with Crippen molar-refractivity contribution in [2.24, 2.45) is 0 Å². The third-order valence-corrected chi connectivity index (χ3v) is 4.06. The third kappa shape index (κ3) is 3.93. The molecule has 0 radical (unpaired) electrons. The molecule has 8 nitrogen and oxygen atoms in total. The van der Waals surface area contributed by atoms with Gasteiger partial charge in [0.25, 0.3) is 11.9 Å². The van der Waals surface area contributed by atoms with Crippen LogP contribution >= 0.6 is 0 Å². The number of pyridine rings is 1. The summed E-state index contributed by atoms with van der Waals surface area (Å²) in [5, 5.41) is 12.1. The van der Waals surface area contributed by atoms with Crippen molar-refractivity contribution in [2.45, 2.75) is 20.8 Å². The van der Waals surface area contributed by atoms with E-state index in [0.717, 1.165) is 5.56 Å². The van der Waals surface area contributed by atoms with E-state index in [1.54, 1.807) is 38.1 Å². The van der Waals surface area contributed by atoms with Crippen molar-refractivity contribution >= 4 is 23.5 Å². The molecule has 0 aliphatic carbocycles. The third-order valence-electron chi connectivity index (χ3n) is 4.06. The number of aromatic nitrogens is 3. The van der Waals surface area contributed by atoms with Crippen LogP contribution < -0.4 is 16.0 Å². The Hall–Kier alpha value is -3.49. The average Bonchev–Trinajstić information content (AvgIpc) is 3.05. The van der Waals surface area contributed by atoms with Crippen LogP contribution in [0.4, 0.5) is 15.1 Å². The maximum atomic E-state index is 13.6. The molecule has 3 aromatic rings. The summed E-state index contributed by atoms with van der Waals surface area (Å²) in [6, 6.07) is 7.67. The van der Waals surface area contributed by atoms with E-state index in [0.29, 0.717) is 29.9 Å². The fourth-order valence-electron chi connectivity index (χ4n) is 2.75. The lowest BCUT2D eigenvalue weighted by molar-refractivity contribution is 0.0948. The number of carbonyl (C=O) groups is 2. The van der Waals surface area contributed by atoms with Gasteiger partial charge in [0.15, 0.2) is 5.65 Å². The molecule has 0 unspecified atom stereocenters. The van der Waals surface area contributed by atoms with Gasteiger partial charge in [0.1, 0.15) is 11.5 Å². The van der Waals surface area contributed by atoms with Crippen LogP contribution in [0.2, 0.25) is 0 Å². The molecule has 3 N–H and O–H groups in total. The number of rotatable bonds is 5. The first-order valence-corrected chi connectivity index (χ1v) is 8.93. The van der Waals surface area contributed by atoms with Gasteiger partial charge in [0.05, 0.1) is 0 Å². The van der Waals surface area contributed by atoms with Gasteiger partial charge in [-0.15, -0.1) is 5.10 Å². The van der Waals surface area contributed by atoms with Crippen LogP contribution in [0.3, 0.4) is 0 Å². The molecule has 0 saturated heterocycles. The molecule has 2 aromatic heterocycles. The number of carbonyl (C=O) groups excluding carboxylic acids is 2. The summed E-state index contributed by atoms with van der Waals surface area (Å²) in [4.78, 5) is 28.6. The topological polar surface area (TPSA) is 100 Å². The molecule has 0 fully saturated rings. The van der Waals surface area contributed by atoms with Crippen LogP contribution in [0.15, 0.2) is 30.3 Å². The normalized spacial score (nSPS) is 10.7. The van der Waals surface area contributed by atoms with Crippen LogP contribution in [0.1, 0.15) is 29.9 Å². The van der Waals surface area contributed by atoms with Gasteiger partial charge in [-0.25, -0.2) is 13.7 Å². The second kappa shape index (κ2) is 8.03. The molecule has 0 saturated carbocycles. The number of benzene rings is 1. The molecule has 3 rings (SSSR count). The van der Waals surface area contributed by atoms with Crippen molar-refractivity contribution in [2.75, 3.05) is 18.4 Å². The Morgan fingerprint density at radius 1 is 1.07 bits per heavy atom. The summed E-state index contributed by atoms with van der Waals surface area (Å²) in [5.41, 5.74) is 2.57. The summed E-state index contributed by atoms with van der Waals surface area (Å²) in [6.07, 6.45) is 0. The number of urea groups is 1. The van der Waals surface area contributed by atoms with Gasteiger partial charge >= 0.3 is 6.03 Å². The first kappa shape index (κ1) is 19.3. The van der Waals surface area contributed by atoms with Gasteiger partial charge in [-0.1, -0.05) is 6.07 Å². The highest BCUT2D eigenvalue weighted by atomic mass is 19.1. The van der Waals surface area contributed by atoms with Crippen molar-refractivity contribution in [3.05, 3.63) is 47.4 Å². The number of halogens is 1. The summed E-state index contributed by atoms with van der Waals surface area (Å²) >= 11 is 0. The summed E-state index contributed by atoms with van der Waals surface area (Å²) in [6.45, 7) is 6.18. The van der Waals surface area contributed by atoms with E-state index in [2.05, 4.69) is 26.0 Å². The van der Waals surface area contributed by atoms with E-state index in [1.165, 1.54) is 10.6 Å². The fourth-order valence-corrected chi connectivity index (χ4v) is 2.75. The first-order chi connectivity index (χ1) is 13.4. The van der Waals surface area contributed by atoms with Crippen molar-refractivity contribution in [1.29, 1.82) is 0 Å². The SMILES string of the molecule is CCNC(=O)Nc1nc2cc(-c3ccc(F)c(C)c3)cc(C(=O)NCC)n2n1. The van der Waals surface area contributed by atoms with Crippen molar-refractivity contribution < 1.29 is 14.0 Å². The van der Waals surface area contributed by atoms with Crippen LogP contribution in [-0.2, 0) is 0 Å². The molecule has 1 aromatic carbocycles. The lowest BCUT2D eigenvalue weighted by atomic mass is 10.0. The van der Waals surface area contributed by atoms with Gasteiger partial charge in [0, 0.05) is 13.1 Å². The van der Waals surface area contributed by atoms with E-state index in [-0.39, 0.29) is 23.4 Å². The van der Waals surface area contributed by atoms with Gasteiger partial charge in [-0.2, -0.15) is 4.98 Å². The van der Waals surface area contributed by atoms with E-state index in [4.69, 9.17) is 0 Å². The zero-order valence-electron chi connectivity index (χ0n) is 15.8. The fraction of sp³-hybridized carbons (Fsp3) is 0.263. The second-order valence-corrected chi connectivity index (χ2v) is 6.14. The molecular weight excluding hydrogens is 363 g/mol. The number of hydrogen-bond donors (Lipinski definition) is 3. The predicted molar refractivity (Wildman–Crippen MR) is 104 cm³/mol. The highest BCUT2D eigenvalue weighted by Gasteiger charge is 2.17. The molecular formula is C19H21FN6O2. The molecule has 2 heterocycles. The van der Waals surface area contributed by atoms with Crippen LogP contribution in [0, 0.1) is 12.7 Å². The molecule has 146 valence electrons. The number of fused-ring (bicyclic) bond motifs is 1. The minimum Gasteiger partial charge on any atom is -0.351 e. The van der Waals surface area contributed by atoms with Crippen molar-refractivity contribution in [1.82, 2.24) is 25.2 Å². The lowest BCUT2D eigenvalue weighted by Crippen LogP contribution is -2.28. The van der Waals surface area contributed by atoms with E-state index in [9.17, 15) is 14.0 Å². The van der Waals surface area contributed by atoms with Crippen molar-refractivity contribution in [3.8, 4) is 11.1 Å². The highest BCUT2D eigenvalue weighted by molar-refractivity contribution is 5.95. The number of nitrogens with one attached hydrogen (secondary N) is 3. The first-order valence-electron chi connectivity index (χ1n) is 8.93. The number of aryl methyl sites for hydroxylation is 1. The predicted octanol–water partition coefficient (Wildman–Crippen LogP) is 2.73. The van der Waals surface area contributed by atoms with E-state index in [1.807, 2.05) is 6.92 Å². The number of anilines is 1. The van der Waals surface area contributed by atoms with Crippen LogP contribution in [0.25, 0.3) is 16.8 Å². The number of nitrogens with zero attached hydrogens (tertiary/aromatic N) is 3. The largest absolute Gasteiger partial charge is 0.351 e. The Kier molecular flexibility index (Phi) is 5.53. The number of hydrogen-bond acceptors (Lipinski definition) is 4. The Balaban J connectivity index is 2.11. The molecule has 0 aliphatic heterocycles. The monoisotopic (exact) mass is 384 g/mol. The molecule has 0 spiro atoms. The van der Waals surface area contributed by atoms with Gasteiger partial charge < -0.3 is 10.6 Å². The lowest BCUT2D eigenvalue weighted by Gasteiger charge is -2.09. The van der Waals surface area contributed by atoms with E-state index >= 15 is 0 Å². The quantitative estimate of drug-likeness (QED) is 0.630. The van der Waals surface area contributed by atoms with Crippen LogP contribution in [-0.4, -0.2) is 39.6 Å². The Morgan fingerprint density at radius 2 is 1.82 bits per heavy atom. The molecule has 0 bridgehead atoms. The maximum Gasteiger partial charge on any atom is 0.321 e. The zero-order valence-corrected chi connectivity index (χ0v) is 15.8. The molecule has 9 heteroatoms. The van der Waals surface area contributed by atoms with Gasteiger partial charge in [0.2, 0.25) is 0 Å². The average molecular weight is 384 g/mol. The molecule has 28 heavy (non-hydrogen) atoms. The smallest absolute Gasteiger partial charge is 0.321 e. The van der Waals surface area contributed by atoms with E-state index < -0.39 is 6.03 Å². The second-order valence-electron chi connectivity index (χ2n) is 6.14. The maximum absolute atomic E-state index is 13.6. The van der Waals surface area contributed by atoms with Gasteiger partial charge in [-0.05, 0) is 61.7 Å². The Morgan fingerprint density at radius 3 is 2.50 bits per heavy atom. The van der Waals surface area contributed by atoms with Crippen LogP contribution in [0.5, 0.6) is 0 Å². The molecule has 0 atom stereocenters. The van der Waals surface area contributed by atoms with Crippen molar-refractivity contribution in [3.63, 3.8) is 0 Å². The Labute approximate surface area is 161 Å². The minimum atomic E-state index is -0.438. The van der Waals surface area contributed by atoms with Gasteiger partial charge in [-0.3, -0.25) is 10.1 Å². The summed E-state index contributed by atoms with van der Waals surface area (Å²) in [5.74, 6) is -0.559. The molecule has 0 aliphatic rings. The standard InChI is InChI=1S/C19H21FN6O2/c1-4-21-17(27)15-9-13(12-6-7-14(20)11(3)8-12)10-16-23-18(25-26(15)16)24-19(28)22-5-2/h6-10H,4-5H2,1-3H3,(H,21,27)(H2,22,24,25,28). The highest BCUT2D eigenvalue weighted by Crippen LogP contribution is 2.25. The Bertz CT molecular complexity index is 1050.